The third-order valence-electron chi connectivity index (χ3n) is 2.44. The first-order valence-electron chi connectivity index (χ1n) is 5.44. The molecule has 0 aromatic heterocycles. The zero-order valence-electron chi connectivity index (χ0n) is 9.49. The van der Waals surface area contributed by atoms with E-state index in [0.29, 0.717) is 11.3 Å². The highest BCUT2D eigenvalue weighted by Gasteiger charge is 2.07. The fraction of sp³-hybridized carbons (Fsp3) is 0.0714. The Kier molecular flexibility index (Phi) is 4.10. The van der Waals surface area contributed by atoms with E-state index in [1.54, 1.807) is 30.3 Å². The van der Waals surface area contributed by atoms with Crippen molar-refractivity contribution in [1.82, 2.24) is 0 Å². The molecule has 0 bridgehead atoms. The van der Waals surface area contributed by atoms with E-state index in [1.807, 2.05) is 12.1 Å². The summed E-state index contributed by atoms with van der Waals surface area (Å²) in [6.07, 6.45) is 0.0305. The summed E-state index contributed by atoms with van der Waals surface area (Å²) < 4.78 is 14.3. The molecule has 0 aliphatic heterocycles. The molecule has 2 nitrogen and oxygen atoms in total. The first-order valence-corrected chi connectivity index (χ1v) is 6.23. The van der Waals surface area contributed by atoms with Crippen LogP contribution >= 0.6 is 15.9 Å². The topological polar surface area (TPSA) is 29.1 Å². The van der Waals surface area contributed by atoms with Crippen molar-refractivity contribution in [3.05, 3.63) is 64.4 Å². The van der Waals surface area contributed by atoms with Crippen LogP contribution in [0.1, 0.15) is 5.56 Å². The van der Waals surface area contributed by atoms with E-state index in [2.05, 4.69) is 21.2 Å². The normalized spacial score (nSPS) is 10.1. The maximum absolute atomic E-state index is 13.4. The Morgan fingerprint density at radius 1 is 1.11 bits per heavy atom. The second-order valence-corrected chi connectivity index (χ2v) is 4.74. The van der Waals surface area contributed by atoms with E-state index in [-0.39, 0.29) is 18.1 Å². The number of anilines is 1. The minimum atomic E-state index is -0.358. The minimum Gasteiger partial charge on any atom is -0.326 e. The number of hydrogen-bond donors (Lipinski definition) is 1. The summed E-state index contributed by atoms with van der Waals surface area (Å²) in [6, 6.07) is 13.5. The number of hydrogen-bond acceptors (Lipinski definition) is 1. The van der Waals surface area contributed by atoms with Gasteiger partial charge in [0.15, 0.2) is 0 Å². The SMILES string of the molecule is O=C(Cc1ccccc1F)Nc1ccc(Br)cc1. The van der Waals surface area contributed by atoms with Crippen molar-refractivity contribution in [2.24, 2.45) is 0 Å². The number of rotatable bonds is 3. The van der Waals surface area contributed by atoms with Crippen molar-refractivity contribution >= 4 is 27.5 Å². The fourth-order valence-corrected chi connectivity index (χ4v) is 1.82. The maximum Gasteiger partial charge on any atom is 0.228 e. The van der Waals surface area contributed by atoms with Crippen molar-refractivity contribution in [3.63, 3.8) is 0 Å². The van der Waals surface area contributed by atoms with Crippen LogP contribution in [-0.2, 0) is 11.2 Å². The molecule has 2 aromatic carbocycles. The molecule has 1 amide bonds. The second-order valence-electron chi connectivity index (χ2n) is 3.82. The lowest BCUT2D eigenvalue weighted by atomic mass is 10.1. The lowest BCUT2D eigenvalue weighted by Crippen LogP contribution is -2.15. The standard InChI is InChI=1S/C14H11BrFNO/c15-11-5-7-12(8-6-11)17-14(18)9-10-3-1-2-4-13(10)16/h1-8H,9H2,(H,17,18). The summed E-state index contributed by atoms with van der Waals surface area (Å²) in [5.41, 5.74) is 1.09. The van der Waals surface area contributed by atoms with Crippen LogP contribution in [0.4, 0.5) is 10.1 Å². The number of amides is 1. The predicted molar refractivity (Wildman–Crippen MR) is 72.9 cm³/mol. The molecule has 4 heteroatoms. The minimum absolute atomic E-state index is 0.0305. The molecule has 2 aromatic rings. The number of carbonyl (C=O) groups excluding carboxylic acids is 1. The smallest absolute Gasteiger partial charge is 0.228 e. The highest BCUT2D eigenvalue weighted by atomic mass is 79.9. The van der Waals surface area contributed by atoms with Gasteiger partial charge in [-0.05, 0) is 35.9 Å². The van der Waals surface area contributed by atoms with Gasteiger partial charge in [0.2, 0.25) is 5.91 Å². The monoisotopic (exact) mass is 307 g/mol. The quantitative estimate of drug-likeness (QED) is 0.919. The molecule has 1 N–H and O–H groups in total. The summed E-state index contributed by atoms with van der Waals surface area (Å²) in [4.78, 5) is 11.7. The first kappa shape index (κ1) is 12.8. The fourth-order valence-electron chi connectivity index (χ4n) is 1.55. The van der Waals surface area contributed by atoms with Gasteiger partial charge in [-0.25, -0.2) is 4.39 Å². The van der Waals surface area contributed by atoms with Crippen molar-refractivity contribution in [2.75, 3.05) is 5.32 Å². The van der Waals surface area contributed by atoms with Gasteiger partial charge >= 0.3 is 0 Å². The van der Waals surface area contributed by atoms with E-state index in [4.69, 9.17) is 0 Å². The molecule has 0 saturated heterocycles. The zero-order chi connectivity index (χ0) is 13.0. The van der Waals surface area contributed by atoms with Crippen LogP contribution in [0.5, 0.6) is 0 Å². The molecule has 18 heavy (non-hydrogen) atoms. The van der Waals surface area contributed by atoms with Crippen LogP contribution in [0, 0.1) is 5.82 Å². The van der Waals surface area contributed by atoms with Crippen LogP contribution < -0.4 is 5.32 Å². The number of carbonyl (C=O) groups is 1. The van der Waals surface area contributed by atoms with Crippen LogP contribution in [0.25, 0.3) is 0 Å². The van der Waals surface area contributed by atoms with Gasteiger partial charge in [-0.15, -0.1) is 0 Å². The maximum atomic E-state index is 13.4. The lowest BCUT2D eigenvalue weighted by Gasteiger charge is -2.06. The average Bonchev–Trinajstić information content (AvgIpc) is 2.35. The first-order chi connectivity index (χ1) is 8.65. The van der Waals surface area contributed by atoms with E-state index in [1.165, 1.54) is 6.07 Å². The Morgan fingerprint density at radius 3 is 2.44 bits per heavy atom. The van der Waals surface area contributed by atoms with Crippen molar-refractivity contribution < 1.29 is 9.18 Å². The highest BCUT2D eigenvalue weighted by Crippen LogP contribution is 2.15. The average molecular weight is 308 g/mol. The number of nitrogens with one attached hydrogen (secondary N) is 1. The predicted octanol–water partition coefficient (Wildman–Crippen LogP) is 3.77. The molecular formula is C14H11BrFNO. The Balaban J connectivity index is 2.01. The second kappa shape index (κ2) is 5.78. The van der Waals surface area contributed by atoms with Crippen LogP contribution in [-0.4, -0.2) is 5.91 Å². The van der Waals surface area contributed by atoms with E-state index >= 15 is 0 Å². The molecule has 0 saturated carbocycles. The number of benzene rings is 2. The molecule has 2 rings (SSSR count). The van der Waals surface area contributed by atoms with Gasteiger partial charge in [-0.3, -0.25) is 4.79 Å². The Labute approximate surface area is 113 Å². The summed E-state index contributed by atoms with van der Waals surface area (Å²) in [7, 11) is 0. The largest absolute Gasteiger partial charge is 0.326 e. The molecule has 0 unspecified atom stereocenters. The van der Waals surface area contributed by atoms with Crippen molar-refractivity contribution in [2.45, 2.75) is 6.42 Å². The van der Waals surface area contributed by atoms with Crippen molar-refractivity contribution in [3.8, 4) is 0 Å². The Bertz CT molecular complexity index is 554. The van der Waals surface area contributed by atoms with Crippen molar-refractivity contribution in [1.29, 1.82) is 0 Å². The molecule has 0 atom stereocenters. The van der Waals surface area contributed by atoms with Gasteiger partial charge in [0, 0.05) is 10.2 Å². The number of halogens is 2. The van der Waals surface area contributed by atoms with Gasteiger partial charge < -0.3 is 5.32 Å². The van der Waals surface area contributed by atoms with Crippen LogP contribution in [0.15, 0.2) is 53.0 Å². The van der Waals surface area contributed by atoms with Gasteiger partial charge in [0.05, 0.1) is 6.42 Å². The lowest BCUT2D eigenvalue weighted by molar-refractivity contribution is -0.115. The molecule has 0 spiro atoms. The van der Waals surface area contributed by atoms with E-state index in [0.717, 1.165) is 4.47 Å². The zero-order valence-corrected chi connectivity index (χ0v) is 11.1. The molecule has 0 heterocycles. The third kappa shape index (κ3) is 3.40. The van der Waals surface area contributed by atoms with E-state index < -0.39 is 0 Å². The molecular weight excluding hydrogens is 297 g/mol. The van der Waals surface area contributed by atoms with Gasteiger partial charge in [-0.2, -0.15) is 0 Å². The molecule has 0 aliphatic rings. The molecule has 0 aliphatic carbocycles. The third-order valence-corrected chi connectivity index (χ3v) is 2.97. The summed E-state index contributed by atoms with van der Waals surface area (Å²) in [5, 5.41) is 2.72. The molecule has 0 fully saturated rings. The van der Waals surface area contributed by atoms with Gasteiger partial charge in [0.1, 0.15) is 5.82 Å². The van der Waals surface area contributed by atoms with Crippen LogP contribution in [0.3, 0.4) is 0 Å². The summed E-state index contributed by atoms with van der Waals surface area (Å²) in [5.74, 6) is -0.592. The molecule has 0 radical (unpaired) electrons. The van der Waals surface area contributed by atoms with Gasteiger partial charge in [0.25, 0.3) is 0 Å². The Morgan fingerprint density at radius 2 is 1.78 bits per heavy atom. The summed E-state index contributed by atoms with van der Waals surface area (Å²) >= 11 is 3.31. The van der Waals surface area contributed by atoms with E-state index in [9.17, 15) is 9.18 Å². The highest BCUT2D eigenvalue weighted by molar-refractivity contribution is 9.10. The van der Waals surface area contributed by atoms with Crippen LogP contribution in [0.2, 0.25) is 0 Å². The summed E-state index contributed by atoms with van der Waals surface area (Å²) in [6.45, 7) is 0. The Hall–Kier alpha value is -1.68. The molecule has 92 valence electrons. The van der Waals surface area contributed by atoms with Gasteiger partial charge in [-0.1, -0.05) is 34.1 Å².